The summed E-state index contributed by atoms with van der Waals surface area (Å²) in [7, 11) is 0. The van der Waals surface area contributed by atoms with Gasteiger partial charge in [0.25, 0.3) is 23.6 Å². The van der Waals surface area contributed by atoms with E-state index in [0.717, 1.165) is 62.6 Å². The molecule has 4 heterocycles. The molecule has 5 amide bonds. The average molecular weight is 810 g/mol. The van der Waals surface area contributed by atoms with E-state index in [1.165, 1.54) is 4.90 Å². The van der Waals surface area contributed by atoms with Gasteiger partial charge >= 0.3 is 0 Å². The molecule has 58 heavy (non-hydrogen) atoms. The summed E-state index contributed by atoms with van der Waals surface area (Å²) < 4.78 is 12.4. The van der Waals surface area contributed by atoms with E-state index in [0.29, 0.717) is 23.7 Å². The number of rotatable bonds is 13. The van der Waals surface area contributed by atoms with Gasteiger partial charge in [-0.15, -0.1) is 0 Å². The molecule has 4 aliphatic rings. The molecule has 0 spiro atoms. The van der Waals surface area contributed by atoms with Crippen molar-refractivity contribution in [1.82, 2.24) is 19.7 Å². The second-order valence-electron chi connectivity index (χ2n) is 16.6. The van der Waals surface area contributed by atoms with Gasteiger partial charge in [-0.3, -0.25) is 38.7 Å². The Labute approximate surface area is 342 Å². The van der Waals surface area contributed by atoms with Crippen molar-refractivity contribution in [2.45, 2.75) is 78.0 Å². The van der Waals surface area contributed by atoms with Crippen molar-refractivity contribution >= 4 is 46.8 Å². The Morgan fingerprint density at radius 1 is 0.897 bits per heavy atom. The molecular weight excluding hydrogens is 762 g/mol. The number of anilines is 1. The van der Waals surface area contributed by atoms with Crippen LogP contribution in [0.3, 0.4) is 0 Å². The highest BCUT2D eigenvalue weighted by Gasteiger charge is 2.68. The van der Waals surface area contributed by atoms with Crippen molar-refractivity contribution in [2.75, 3.05) is 44.2 Å². The smallest absolute Gasteiger partial charge is 0.267 e. The molecule has 3 aromatic rings. The van der Waals surface area contributed by atoms with Crippen molar-refractivity contribution in [1.29, 1.82) is 5.26 Å². The van der Waals surface area contributed by atoms with Crippen LogP contribution in [0.15, 0.2) is 54.7 Å². The zero-order valence-electron chi connectivity index (χ0n) is 33.2. The number of nitrogens with zero attached hydrogens (tertiary/aromatic N) is 6. The molecule has 1 atom stereocenters. The monoisotopic (exact) mass is 809 g/mol. The molecule has 1 unspecified atom stereocenters. The lowest BCUT2D eigenvalue weighted by atomic mass is 9.48. The number of nitrogens with two attached hydrogens (primary N) is 1. The van der Waals surface area contributed by atoms with Gasteiger partial charge in [0.1, 0.15) is 35.4 Å². The number of benzene rings is 2. The van der Waals surface area contributed by atoms with E-state index in [9.17, 15) is 29.2 Å². The first-order valence-electron chi connectivity index (χ1n) is 19.7. The molecule has 2 aromatic carbocycles. The van der Waals surface area contributed by atoms with Crippen LogP contribution in [0, 0.1) is 22.2 Å². The van der Waals surface area contributed by atoms with Crippen molar-refractivity contribution in [3.63, 3.8) is 0 Å². The molecule has 0 bridgehead atoms. The van der Waals surface area contributed by atoms with Crippen LogP contribution >= 0.6 is 11.6 Å². The molecule has 2 saturated heterocycles. The largest absolute Gasteiger partial charge is 0.494 e. The third-order valence-electron chi connectivity index (χ3n) is 12.1. The third kappa shape index (κ3) is 7.49. The van der Waals surface area contributed by atoms with Crippen LogP contribution in [0.2, 0.25) is 5.02 Å². The summed E-state index contributed by atoms with van der Waals surface area (Å²) in [5, 5.41) is 9.52. The van der Waals surface area contributed by atoms with Gasteiger partial charge in [0.15, 0.2) is 0 Å². The number of hydrogen-bond donors (Lipinski definition) is 1. The van der Waals surface area contributed by atoms with E-state index in [1.54, 1.807) is 48.7 Å². The lowest BCUT2D eigenvalue weighted by molar-refractivity contribution is -0.216. The minimum atomic E-state index is -1.13. The maximum atomic E-state index is 14.3. The molecule has 1 aliphatic carbocycles. The molecule has 3 aliphatic heterocycles. The minimum absolute atomic E-state index is 0.000427. The fraction of sp³-hybridized carbons (Fsp3) is 0.465. The van der Waals surface area contributed by atoms with E-state index in [2.05, 4.69) is 14.8 Å². The number of aromatic nitrogens is 1. The Morgan fingerprint density at radius 2 is 1.60 bits per heavy atom. The summed E-state index contributed by atoms with van der Waals surface area (Å²) >= 11 is 6.26. The Bertz CT molecular complexity index is 2160. The zero-order valence-corrected chi connectivity index (χ0v) is 34.0. The van der Waals surface area contributed by atoms with Crippen molar-refractivity contribution < 1.29 is 33.4 Å². The van der Waals surface area contributed by atoms with E-state index in [4.69, 9.17) is 26.8 Å². The van der Waals surface area contributed by atoms with Crippen LogP contribution in [-0.4, -0.2) is 107 Å². The highest BCUT2D eigenvalue weighted by molar-refractivity contribution is 6.31. The first-order chi connectivity index (χ1) is 27.6. The molecule has 304 valence electrons. The lowest BCUT2D eigenvalue weighted by Crippen LogP contribution is -2.77. The van der Waals surface area contributed by atoms with Crippen LogP contribution in [-0.2, 0) is 9.59 Å². The minimum Gasteiger partial charge on any atom is -0.494 e. The van der Waals surface area contributed by atoms with Crippen LogP contribution < -0.4 is 20.1 Å². The number of halogens is 1. The van der Waals surface area contributed by atoms with Gasteiger partial charge in [-0.05, 0) is 74.7 Å². The highest BCUT2D eigenvalue weighted by atomic mass is 35.5. The summed E-state index contributed by atoms with van der Waals surface area (Å²) in [5.74, 6) is -1.69. The Balaban J connectivity index is 0.907. The predicted molar refractivity (Wildman–Crippen MR) is 215 cm³/mol. The number of amides is 5. The van der Waals surface area contributed by atoms with Gasteiger partial charge in [0.2, 0.25) is 5.91 Å². The van der Waals surface area contributed by atoms with Crippen LogP contribution in [0.25, 0.3) is 0 Å². The number of imide groups is 2. The maximum Gasteiger partial charge on any atom is 0.267 e. The van der Waals surface area contributed by atoms with Crippen LogP contribution in [0.4, 0.5) is 5.69 Å². The van der Waals surface area contributed by atoms with Gasteiger partial charge in [-0.1, -0.05) is 39.3 Å². The fourth-order valence-corrected chi connectivity index (χ4v) is 9.75. The molecule has 14 nitrogen and oxygen atoms in total. The van der Waals surface area contributed by atoms with E-state index < -0.39 is 52.6 Å². The number of primary amides is 1. The second kappa shape index (κ2) is 16.0. The first-order valence-corrected chi connectivity index (χ1v) is 20.1. The number of piperidine rings is 1. The van der Waals surface area contributed by atoms with Gasteiger partial charge < -0.3 is 20.1 Å². The number of carbonyl (C=O) groups is 5. The summed E-state index contributed by atoms with van der Waals surface area (Å²) in [6.45, 7) is 12.7. The predicted octanol–water partition coefficient (Wildman–Crippen LogP) is 5.07. The van der Waals surface area contributed by atoms with Gasteiger partial charge in [-0.2, -0.15) is 5.26 Å². The average Bonchev–Trinajstić information content (AvgIpc) is 3.44. The third-order valence-corrected chi connectivity index (χ3v) is 12.4. The molecular formula is C43H48ClN7O7. The zero-order chi connectivity index (χ0) is 41.5. The van der Waals surface area contributed by atoms with Gasteiger partial charge in [0.05, 0.1) is 46.2 Å². The number of piperazine rings is 1. The van der Waals surface area contributed by atoms with E-state index in [1.807, 2.05) is 39.8 Å². The summed E-state index contributed by atoms with van der Waals surface area (Å²) in [5.41, 5.74) is 5.82. The molecule has 7 rings (SSSR count). The molecule has 15 heteroatoms. The topological polar surface area (TPSA) is 179 Å². The van der Waals surface area contributed by atoms with Gasteiger partial charge in [-0.25, -0.2) is 4.98 Å². The summed E-state index contributed by atoms with van der Waals surface area (Å²) in [6.07, 6.45) is 4.08. The number of likely N-dealkylation sites (tertiary alicyclic amines) is 1. The number of ether oxygens (including phenoxy) is 2. The van der Waals surface area contributed by atoms with E-state index >= 15 is 0 Å². The Kier molecular flexibility index (Phi) is 11.2. The number of hydrogen-bond acceptors (Lipinski definition) is 11. The summed E-state index contributed by atoms with van der Waals surface area (Å²) in [6, 6.07) is 13.5. The summed E-state index contributed by atoms with van der Waals surface area (Å²) in [4.78, 5) is 77.7. The highest BCUT2D eigenvalue weighted by Crippen LogP contribution is 2.58. The number of pyridine rings is 1. The standard InChI is InChI=1S/C43H48ClN7O7/c1-42(2)40(43(3,4)41(42)58-29-10-8-26(24-45)32(44)23-29)51-35(52)15-14-34(39(51)56)50-37(54)30-12-11-28(22-31(30)38(50)55)57-21-7-5-6-16-48-17-19-49(20-18-48)27-9-13-33(36(46)53)47-25-27/h8-13,22-23,25,34,40-41H,5-7,14-21H2,1-4H3,(H2,46,53). The Hall–Kier alpha value is -5.52. The number of fused-ring (bicyclic) bond motifs is 1. The first kappa shape index (κ1) is 40.7. The Morgan fingerprint density at radius 3 is 2.26 bits per heavy atom. The van der Waals surface area contributed by atoms with Crippen molar-refractivity contribution in [2.24, 2.45) is 16.6 Å². The number of unbranched alkanes of at least 4 members (excludes halogenated alkanes) is 2. The van der Waals surface area contributed by atoms with E-state index in [-0.39, 0.29) is 40.6 Å². The molecule has 3 fully saturated rings. The molecule has 1 saturated carbocycles. The molecule has 2 N–H and O–H groups in total. The normalized spacial score (nSPS) is 22.7. The molecule has 1 aromatic heterocycles. The van der Waals surface area contributed by atoms with Crippen LogP contribution in [0.5, 0.6) is 11.5 Å². The van der Waals surface area contributed by atoms with Crippen LogP contribution in [0.1, 0.15) is 96.6 Å². The quantitative estimate of drug-likeness (QED) is 0.180. The fourth-order valence-electron chi connectivity index (χ4n) is 9.54. The lowest BCUT2D eigenvalue weighted by Gasteiger charge is -2.65. The number of nitriles is 1. The molecule has 0 radical (unpaired) electrons. The maximum absolute atomic E-state index is 14.3. The van der Waals surface area contributed by atoms with Crippen molar-refractivity contribution in [3.05, 3.63) is 82.1 Å². The van der Waals surface area contributed by atoms with Gasteiger partial charge in [0, 0.05) is 49.5 Å². The van der Waals surface area contributed by atoms with Crippen molar-refractivity contribution in [3.8, 4) is 17.6 Å². The SMILES string of the molecule is CC1(C)C(Oc2ccc(C#N)c(Cl)c2)C(C)(C)C1N1C(=O)CCC(N2C(=O)c3ccc(OCCCCCN4CCN(c5ccc(C(N)=O)nc5)CC4)cc3C2=O)C1=O. The second-order valence-corrected chi connectivity index (χ2v) is 17.1. The number of carbonyl (C=O) groups excluding carboxylic acids is 5.